The molecule has 4 aromatic rings. The molecule has 0 radical (unpaired) electrons. The second kappa shape index (κ2) is 9.63. The van der Waals surface area contributed by atoms with Gasteiger partial charge < -0.3 is 16.2 Å². The Morgan fingerprint density at radius 3 is 2.73 bits per heavy atom. The van der Waals surface area contributed by atoms with Crippen molar-refractivity contribution in [2.24, 2.45) is 5.73 Å². The molecule has 8 heteroatoms. The van der Waals surface area contributed by atoms with Gasteiger partial charge in [-0.3, -0.25) is 4.98 Å². The molecule has 4 rings (SSSR count). The van der Waals surface area contributed by atoms with Crippen LogP contribution in [0.15, 0.2) is 54.2 Å². The average Bonchev–Trinajstić information content (AvgIpc) is 3.20. The third-order valence-electron chi connectivity index (χ3n) is 4.80. The van der Waals surface area contributed by atoms with Crippen LogP contribution in [0.4, 0.5) is 10.2 Å². The van der Waals surface area contributed by atoms with E-state index in [-0.39, 0.29) is 17.4 Å². The second-order valence-corrected chi connectivity index (χ2v) is 9.10. The van der Waals surface area contributed by atoms with Gasteiger partial charge in [0.15, 0.2) is 11.6 Å². The Kier molecular flexibility index (Phi) is 6.65. The molecule has 1 unspecified atom stereocenters. The number of anilines is 1. The van der Waals surface area contributed by atoms with Crippen molar-refractivity contribution >= 4 is 27.4 Å². The van der Waals surface area contributed by atoms with Crippen LogP contribution in [0.3, 0.4) is 0 Å². The predicted octanol–water partition coefficient (Wildman–Crippen LogP) is 4.00. The third-order valence-corrected chi connectivity index (χ3v) is 5.78. The Labute approximate surface area is 195 Å². The fraction of sp³-hybridized carbons (Fsp3) is 0.240. The number of benzene rings is 1. The van der Waals surface area contributed by atoms with Crippen LogP contribution in [0.25, 0.3) is 21.6 Å². The summed E-state index contributed by atoms with van der Waals surface area (Å²) in [6, 6.07) is 11.4. The Hall–Kier alpha value is -3.38. The molecule has 0 saturated carbocycles. The number of hydrogen-bond acceptors (Lipinski definition) is 7. The minimum Gasteiger partial charge on any atom is -0.378 e. The summed E-state index contributed by atoms with van der Waals surface area (Å²) in [5.74, 6) is 6.08. The van der Waals surface area contributed by atoms with Crippen molar-refractivity contribution in [2.45, 2.75) is 31.9 Å². The highest BCUT2D eigenvalue weighted by atomic mass is 32.1. The zero-order chi connectivity index (χ0) is 23.4. The van der Waals surface area contributed by atoms with E-state index in [2.05, 4.69) is 32.1 Å². The van der Waals surface area contributed by atoms with E-state index in [1.54, 1.807) is 13.8 Å². The van der Waals surface area contributed by atoms with Crippen molar-refractivity contribution in [1.82, 2.24) is 15.0 Å². The van der Waals surface area contributed by atoms with Gasteiger partial charge in [0.2, 0.25) is 0 Å². The molecule has 0 amide bonds. The molecular weight excluding hydrogens is 437 g/mol. The summed E-state index contributed by atoms with van der Waals surface area (Å²) in [4.78, 5) is 13.0. The van der Waals surface area contributed by atoms with E-state index in [1.165, 1.54) is 23.6 Å². The molecule has 6 nitrogen and oxygen atoms in total. The second-order valence-electron chi connectivity index (χ2n) is 8.22. The molecule has 3 heterocycles. The van der Waals surface area contributed by atoms with E-state index in [0.29, 0.717) is 29.9 Å². The van der Waals surface area contributed by atoms with Crippen molar-refractivity contribution < 1.29 is 9.50 Å². The van der Waals surface area contributed by atoms with E-state index in [9.17, 15) is 9.50 Å². The quantitative estimate of drug-likeness (QED) is 0.376. The SMILES string of the molecule is CC(C)(O)C#Cc1csc2c(NCC(N)Cc3ccccc3)nc(-c3ccncc3F)nc12. The first-order valence-electron chi connectivity index (χ1n) is 10.5. The Morgan fingerprint density at radius 2 is 2.00 bits per heavy atom. The van der Waals surface area contributed by atoms with Gasteiger partial charge in [-0.1, -0.05) is 42.2 Å². The van der Waals surface area contributed by atoms with Crippen LogP contribution in [0, 0.1) is 17.7 Å². The number of aromatic nitrogens is 3. The van der Waals surface area contributed by atoms with Crippen LogP contribution in [0.2, 0.25) is 0 Å². The summed E-state index contributed by atoms with van der Waals surface area (Å²) in [5.41, 5.74) is 7.84. The summed E-state index contributed by atoms with van der Waals surface area (Å²) < 4.78 is 15.2. The number of pyridine rings is 1. The summed E-state index contributed by atoms with van der Waals surface area (Å²) in [7, 11) is 0. The molecule has 33 heavy (non-hydrogen) atoms. The molecule has 1 aromatic carbocycles. The van der Waals surface area contributed by atoms with Gasteiger partial charge >= 0.3 is 0 Å². The van der Waals surface area contributed by atoms with Crippen LogP contribution < -0.4 is 11.1 Å². The molecule has 0 aliphatic heterocycles. The lowest BCUT2D eigenvalue weighted by Crippen LogP contribution is -2.31. The van der Waals surface area contributed by atoms with Crippen LogP contribution in [-0.4, -0.2) is 38.2 Å². The van der Waals surface area contributed by atoms with E-state index in [1.807, 2.05) is 35.7 Å². The largest absolute Gasteiger partial charge is 0.378 e. The number of nitrogens with one attached hydrogen (secondary N) is 1. The number of rotatable bonds is 6. The van der Waals surface area contributed by atoms with Crippen LogP contribution in [-0.2, 0) is 6.42 Å². The highest BCUT2D eigenvalue weighted by Crippen LogP contribution is 2.32. The fourth-order valence-corrected chi connectivity index (χ4v) is 4.14. The molecule has 0 spiro atoms. The van der Waals surface area contributed by atoms with Gasteiger partial charge in [0.1, 0.15) is 16.9 Å². The van der Waals surface area contributed by atoms with Crippen molar-refractivity contribution in [3.63, 3.8) is 0 Å². The molecule has 3 aromatic heterocycles. The van der Waals surface area contributed by atoms with Gasteiger partial charge in [-0.15, -0.1) is 11.3 Å². The standard InChI is InChI=1S/C25H24FN5OS/c1-25(2,32)10-8-17-15-33-22-21(17)30-23(19-9-11-28-14-20(19)26)31-24(22)29-13-18(27)12-16-6-4-3-5-7-16/h3-7,9,11,14-15,18,32H,12-13,27H2,1-2H3,(H,29,30,31). The van der Waals surface area contributed by atoms with Gasteiger partial charge in [0.25, 0.3) is 0 Å². The Morgan fingerprint density at radius 1 is 1.21 bits per heavy atom. The molecule has 0 fully saturated rings. The molecule has 168 valence electrons. The Balaban J connectivity index is 1.70. The topological polar surface area (TPSA) is 97.0 Å². The number of nitrogens with zero attached hydrogens (tertiary/aromatic N) is 3. The number of aliphatic hydroxyl groups is 1. The number of nitrogens with two attached hydrogens (primary N) is 1. The first-order chi connectivity index (χ1) is 15.8. The third kappa shape index (κ3) is 5.71. The van der Waals surface area contributed by atoms with Crippen molar-refractivity contribution in [3.8, 4) is 23.2 Å². The lowest BCUT2D eigenvalue weighted by Gasteiger charge is -2.14. The zero-order valence-electron chi connectivity index (χ0n) is 18.3. The van der Waals surface area contributed by atoms with E-state index in [0.717, 1.165) is 16.5 Å². The van der Waals surface area contributed by atoms with Crippen molar-refractivity contribution in [2.75, 3.05) is 11.9 Å². The first-order valence-corrected chi connectivity index (χ1v) is 11.4. The summed E-state index contributed by atoms with van der Waals surface area (Å²) >= 11 is 1.44. The van der Waals surface area contributed by atoms with Gasteiger partial charge in [-0.25, -0.2) is 14.4 Å². The van der Waals surface area contributed by atoms with Crippen molar-refractivity contribution in [1.29, 1.82) is 0 Å². The number of fused-ring (bicyclic) bond motifs is 1. The smallest absolute Gasteiger partial charge is 0.165 e. The molecule has 0 aliphatic rings. The molecule has 0 bridgehead atoms. The minimum atomic E-state index is -1.15. The zero-order valence-corrected chi connectivity index (χ0v) is 19.2. The highest BCUT2D eigenvalue weighted by molar-refractivity contribution is 7.18. The first kappa shape index (κ1) is 22.8. The molecule has 0 aliphatic carbocycles. The maximum atomic E-state index is 14.5. The van der Waals surface area contributed by atoms with E-state index in [4.69, 9.17) is 5.73 Å². The lowest BCUT2D eigenvalue weighted by molar-refractivity contribution is 0.143. The normalized spacial score (nSPS) is 12.3. The predicted molar refractivity (Wildman–Crippen MR) is 130 cm³/mol. The molecule has 0 saturated heterocycles. The summed E-state index contributed by atoms with van der Waals surface area (Å²) in [5, 5.41) is 15.2. The summed E-state index contributed by atoms with van der Waals surface area (Å²) in [6.07, 6.45) is 3.34. The maximum absolute atomic E-state index is 14.5. The maximum Gasteiger partial charge on any atom is 0.165 e. The lowest BCUT2D eigenvalue weighted by atomic mass is 10.1. The minimum absolute atomic E-state index is 0.145. The molecule has 4 N–H and O–H groups in total. The van der Waals surface area contributed by atoms with E-state index >= 15 is 0 Å². The Bertz CT molecular complexity index is 1320. The summed E-state index contributed by atoms with van der Waals surface area (Å²) in [6.45, 7) is 3.70. The molecule has 1 atom stereocenters. The van der Waals surface area contributed by atoms with Gasteiger partial charge in [0, 0.05) is 24.2 Å². The van der Waals surface area contributed by atoms with E-state index < -0.39 is 11.4 Å². The van der Waals surface area contributed by atoms with Crippen LogP contribution in [0.1, 0.15) is 25.0 Å². The highest BCUT2D eigenvalue weighted by Gasteiger charge is 2.17. The number of hydrogen-bond donors (Lipinski definition) is 3. The average molecular weight is 462 g/mol. The fourth-order valence-electron chi connectivity index (χ4n) is 3.24. The van der Waals surface area contributed by atoms with Gasteiger partial charge in [-0.2, -0.15) is 0 Å². The van der Waals surface area contributed by atoms with Crippen LogP contribution in [0.5, 0.6) is 0 Å². The van der Waals surface area contributed by atoms with Crippen molar-refractivity contribution in [3.05, 3.63) is 71.1 Å². The monoisotopic (exact) mass is 461 g/mol. The van der Waals surface area contributed by atoms with Crippen LogP contribution >= 0.6 is 11.3 Å². The molecular formula is C25H24FN5OS. The number of halogens is 1. The van der Waals surface area contributed by atoms with Gasteiger partial charge in [-0.05, 0) is 31.9 Å². The number of thiophene rings is 1. The van der Waals surface area contributed by atoms with Gasteiger partial charge in [0.05, 0.1) is 22.0 Å².